The highest BCUT2D eigenvalue weighted by atomic mass is 19.4. The molecule has 0 aliphatic heterocycles. The van der Waals surface area contributed by atoms with Crippen molar-refractivity contribution in [3.63, 3.8) is 0 Å². The smallest absolute Gasteiger partial charge is 0.475 e. The molecule has 0 atom stereocenters. The number of hydrogen-bond donors (Lipinski definition) is 1. The average Bonchev–Trinajstić information content (AvgIpc) is 3.29. The Bertz CT molecular complexity index is 1390. The minimum absolute atomic E-state index is 0.144. The summed E-state index contributed by atoms with van der Waals surface area (Å²) in [6.07, 6.45) is 3.73. The Hall–Kier alpha value is -4.34. The van der Waals surface area contributed by atoms with E-state index in [4.69, 9.17) is 14.6 Å². The summed E-state index contributed by atoms with van der Waals surface area (Å²) in [5.74, 6) is -1.20. The van der Waals surface area contributed by atoms with Gasteiger partial charge in [-0.25, -0.2) is 4.79 Å². The van der Waals surface area contributed by atoms with Crippen LogP contribution < -0.4 is 9.64 Å². The Kier molecular flexibility index (Phi) is 10.7. The summed E-state index contributed by atoms with van der Waals surface area (Å²) in [5.41, 5.74) is 3.38. The number of hydrogen-bond acceptors (Lipinski definition) is 4. The Morgan fingerprint density at radius 3 is 2.27 bits per heavy atom. The molecular weight excluding hydrogens is 523 g/mol. The molecule has 212 valence electrons. The first kappa shape index (κ1) is 30.2. The van der Waals surface area contributed by atoms with Gasteiger partial charge in [0, 0.05) is 48.5 Å². The molecule has 0 radical (unpaired) electrons. The van der Waals surface area contributed by atoms with Gasteiger partial charge in [0.1, 0.15) is 11.5 Å². The van der Waals surface area contributed by atoms with Crippen LogP contribution in [0.2, 0.25) is 0 Å². The number of aryl methyl sites for hydroxylation is 2. The van der Waals surface area contributed by atoms with Crippen molar-refractivity contribution >= 4 is 28.5 Å². The number of amides is 1. The van der Waals surface area contributed by atoms with E-state index < -0.39 is 12.1 Å². The van der Waals surface area contributed by atoms with Crippen LogP contribution in [-0.4, -0.2) is 39.3 Å². The first-order valence-corrected chi connectivity index (χ1v) is 13.0. The fraction of sp³-hybridized carbons (Fsp3) is 0.300. The summed E-state index contributed by atoms with van der Waals surface area (Å²) in [6.45, 7) is 5.97. The Morgan fingerprint density at radius 2 is 1.68 bits per heavy atom. The number of carboxylic acids is 1. The van der Waals surface area contributed by atoms with Gasteiger partial charge < -0.3 is 19.3 Å². The van der Waals surface area contributed by atoms with Crippen molar-refractivity contribution in [1.82, 2.24) is 9.55 Å². The normalized spacial score (nSPS) is 11.0. The van der Waals surface area contributed by atoms with E-state index >= 15 is 0 Å². The van der Waals surface area contributed by atoms with Gasteiger partial charge in [-0.15, -0.1) is 0 Å². The van der Waals surface area contributed by atoms with Gasteiger partial charge >= 0.3 is 12.1 Å². The van der Waals surface area contributed by atoms with Crippen molar-refractivity contribution in [2.45, 2.75) is 52.3 Å². The highest BCUT2D eigenvalue weighted by Gasteiger charge is 2.38. The number of rotatable bonds is 10. The van der Waals surface area contributed by atoms with E-state index in [0.717, 1.165) is 37.2 Å². The minimum atomic E-state index is -5.08. The van der Waals surface area contributed by atoms with Gasteiger partial charge in [-0.3, -0.25) is 9.78 Å². The molecule has 0 saturated heterocycles. The summed E-state index contributed by atoms with van der Waals surface area (Å²) >= 11 is 0. The Balaban J connectivity index is 0.000000559. The number of carboxylic acid groups (broad SMARTS) is 1. The summed E-state index contributed by atoms with van der Waals surface area (Å²) in [4.78, 5) is 28.1. The fourth-order valence-electron chi connectivity index (χ4n) is 4.18. The van der Waals surface area contributed by atoms with Crippen LogP contribution >= 0.6 is 0 Å². The molecule has 0 fully saturated rings. The van der Waals surface area contributed by atoms with Gasteiger partial charge in [-0.1, -0.05) is 32.0 Å². The number of fused-ring (bicyclic) bond motifs is 1. The van der Waals surface area contributed by atoms with Crippen molar-refractivity contribution in [3.05, 3.63) is 84.8 Å². The van der Waals surface area contributed by atoms with Crippen LogP contribution in [0.1, 0.15) is 38.7 Å². The minimum Gasteiger partial charge on any atom is -0.475 e. The van der Waals surface area contributed by atoms with Gasteiger partial charge in [0.25, 0.3) is 0 Å². The van der Waals surface area contributed by atoms with Crippen LogP contribution in [-0.2, 0) is 22.6 Å². The molecule has 0 unspecified atom stereocenters. The predicted molar refractivity (Wildman–Crippen MR) is 148 cm³/mol. The van der Waals surface area contributed by atoms with Crippen LogP contribution in [0.5, 0.6) is 11.5 Å². The first-order chi connectivity index (χ1) is 19.1. The second-order valence-electron chi connectivity index (χ2n) is 9.00. The number of carbonyl (C=O) groups is 2. The lowest BCUT2D eigenvalue weighted by molar-refractivity contribution is -0.192. The standard InChI is InChI=1S/C28H31N3O2.C2HF3O2/c1-3-18-30-21-22(26-9-5-6-10-27(26)30)11-16-28(32)31(19-4-2)23-12-14-24(15-13-23)33-25-8-7-17-29-20-25;3-2(4,5)1(6)7/h5-10,12-15,17,20-21H,3-4,11,16,18-19H2,1-2H3;(H,6,7). The molecule has 10 heteroatoms. The molecule has 2 aromatic heterocycles. The molecule has 40 heavy (non-hydrogen) atoms. The van der Waals surface area contributed by atoms with Gasteiger partial charge in [0.05, 0.1) is 6.20 Å². The second kappa shape index (κ2) is 14.2. The van der Waals surface area contributed by atoms with Crippen LogP contribution in [0.25, 0.3) is 10.9 Å². The van der Waals surface area contributed by atoms with E-state index in [1.807, 2.05) is 41.3 Å². The number of benzene rings is 2. The third kappa shape index (κ3) is 8.33. The molecule has 0 aliphatic carbocycles. The van der Waals surface area contributed by atoms with E-state index in [1.54, 1.807) is 12.4 Å². The van der Waals surface area contributed by atoms with Crippen LogP contribution in [0.4, 0.5) is 18.9 Å². The zero-order chi connectivity index (χ0) is 29.1. The Morgan fingerprint density at radius 1 is 0.975 bits per heavy atom. The summed E-state index contributed by atoms with van der Waals surface area (Å²) in [7, 11) is 0. The molecule has 2 aromatic carbocycles. The maximum Gasteiger partial charge on any atom is 0.490 e. The number of ether oxygens (including phenoxy) is 1. The number of anilines is 1. The van der Waals surface area contributed by atoms with Crippen molar-refractivity contribution in [3.8, 4) is 11.5 Å². The molecule has 7 nitrogen and oxygen atoms in total. The maximum absolute atomic E-state index is 13.2. The van der Waals surface area contributed by atoms with Crippen LogP contribution in [0.3, 0.4) is 0 Å². The summed E-state index contributed by atoms with van der Waals surface area (Å²) in [6, 6.07) is 19.9. The average molecular weight is 556 g/mol. The Labute approximate surface area is 230 Å². The lowest BCUT2D eigenvalue weighted by atomic mass is 10.1. The zero-order valence-corrected chi connectivity index (χ0v) is 22.4. The van der Waals surface area contributed by atoms with Crippen LogP contribution in [0.15, 0.2) is 79.3 Å². The fourth-order valence-corrected chi connectivity index (χ4v) is 4.18. The molecule has 4 rings (SSSR count). The molecular formula is C30H32F3N3O4. The topological polar surface area (TPSA) is 84.7 Å². The molecule has 0 spiro atoms. The first-order valence-electron chi connectivity index (χ1n) is 13.0. The highest BCUT2D eigenvalue weighted by molar-refractivity contribution is 5.94. The molecule has 4 aromatic rings. The number of halogens is 3. The second-order valence-corrected chi connectivity index (χ2v) is 9.00. The number of aromatic nitrogens is 2. The van der Waals surface area contributed by atoms with Crippen molar-refractivity contribution in [2.75, 3.05) is 11.4 Å². The largest absolute Gasteiger partial charge is 0.490 e. The van der Waals surface area contributed by atoms with Crippen molar-refractivity contribution < 1.29 is 32.6 Å². The molecule has 1 amide bonds. The monoisotopic (exact) mass is 555 g/mol. The van der Waals surface area contributed by atoms with Gasteiger partial charge in [0.15, 0.2) is 0 Å². The maximum atomic E-state index is 13.2. The number of pyridine rings is 1. The number of para-hydroxylation sites is 1. The lowest BCUT2D eigenvalue weighted by Crippen LogP contribution is -2.31. The number of carbonyl (C=O) groups excluding carboxylic acids is 1. The van der Waals surface area contributed by atoms with E-state index in [1.165, 1.54) is 16.5 Å². The number of alkyl halides is 3. The highest BCUT2D eigenvalue weighted by Crippen LogP contribution is 2.26. The van der Waals surface area contributed by atoms with E-state index in [9.17, 15) is 18.0 Å². The third-order valence-electron chi connectivity index (χ3n) is 5.95. The predicted octanol–water partition coefficient (Wildman–Crippen LogP) is 7.25. The summed E-state index contributed by atoms with van der Waals surface area (Å²) < 4.78 is 39.9. The quantitative estimate of drug-likeness (QED) is 0.223. The van der Waals surface area contributed by atoms with E-state index in [0.29, 0.717) is 18.7 Å². The van der Waals surface area contributed by atoms with Crippen molar-refractivity contribution in [2.24, 2.45) is 0 Å². The molecule has 0 saturated carbocycles. The molecule has 2 heterocycles. The third-order valence-corrected chi connectivity index (χ3v) is 5.95. The van der Waals surface area contributed by atoms with E-state index in [-0.39, 0.29) is 5.91 Å². The lowest BCUT2D eigenvalue weighted by Gasteiger charge is -2.22. The molecule has 1 N–H and O–H groups in total. The van der Waals surface area contributed by atoms with Crippen LogP contribution in [0, 0.1) is 0 Å². The zero-order valence-electron chi connectivity index (χ0n) is 22.4. The molecule has 0 aliphatic rings. The van der Waals surface area contributed by atoms with E-state index in [2.05, 4.69) is 53.9 Å². The van der Waals surface area contributed by atoms with Gasteiger partial charge in [-0.05, 0) is 67.3 Å². The summed E-state index contributed by atoms with van der Waals surface area (Å²) in [5, 5.41) is 8.37. The SMILES string of the molecule is CCCN(C(=O)CCc1cn(CCC)c2ccccc12)c1ccc(Oc2cccnc2)cc1.O=C(O)C(F)(F)F. The van der Waals surface area contributed by atoms with Gasteiger partial charge in [0.2, 0.25) is 5.91 Å². The number of aliphatic carboxylic acids is 1. The van der Waals surface area contributed by atoms with Crippen molar-refractivity contribution in [1.29, 1.82) is 0 Å². The molecule has 0 bridgehead atoms. The number of nitrogens with zero attached hydrogens (tertiary/aromatic N) is 3. The van der Waals surface area contributed by atoms with Gasteiger partial charge in [-0.2, -0.15) is 13.2 Å².